The van der Waals surface area contributed by atoms with E-state index in [0.717, 1.165) is 59.3 Å². The van der Waals surface area contributed by atoms with Crippen molar-refractivity contribution in [1.29, 1.82) is 0 Å². The highest BCUT2D eigenvalue weighted by Gasteiger charge is 2.41. The van der Waals surface area contributed by atoms with Crippen LogP contribution in [0.25, 0.3) is 0 Å². The minimum atomic E-state index is -0.730. The van der Waals surface area contributed by atoms with Gasteiger partial charge < -0.3 is 30.3 Å². The summed E-state index contributed by atoms with van der Waals surface area (Å²) in [5.74, 6) is 1.13. The highest BCUT2D eigenvalue weighted by atomic mass is 16.6. The summed E-state index contributed by atoms with van der Waals surface area (Å²) in [6.07, 6.45) is 4.62. The molecule has 2 saturated heterocycles. The first-order valence-electron chi connectivity index (χ1n) is 20.9. The summed E-state index contributed by atoms with van der Waals surface area (Å²) in [6.45, 7) is 27.1. The van der Waals surface area contributed by atoms with Gasteiger partial charge in [-0.3, -0.25) is 9.59 Å². The van der Waals surface area contributed by atoms with Crippen molar-refractivity contribution in [2.75, 3.05) is 36.8 Å². The molecule has 2 amide bonds. The molecular weight excluding hydrogens is 661 g/mol. The van der Waals surface area contributed by atoms with Crippen LogP contribution in [-0.4, -0.2) is 59.4 Å². The van der Waals surface area contributed by atoms with Gasteiger partial charge in [-0.05, 0) is 94.6 Å². The average molecular weight is 733 g/mol. The Bertz CT molecular complexity index is 1410. The van der Waals surface area contributed by atoms with Crippen molar-refractivity contribution in [2.45, 2.75) is 176 Å². The zero-order valence-electron chi connectivity index (χ0n) is 35.2. The first-order chi connectivity index (χ1) is 24.8. The minimum absolute atomic E-state index is 0.195. The first kappa shape index (κ1) is 43.0. The Morgan fingerprint density at radius 2 is 0.849 bits per heavy atom. The third-order valence-electron chi connectivity index (χ3n) is 12.1. The fourth-order valence-corrected chi connectivity index (χ4v) is 8.66. The number of nitrogens with one attached hydrogen (secondary N) is 2. The molecule has 8 nitrogen and oxygen atoms in total. The number of hydrogen-bond acceptors (Lipinski definition) is 4. The summed E-state index contributed by atoms with van der Waals surface area (Å²) in [4.78, 5) is 28.3. The van der Waals surface area contributed by atoms with Crippen LogP contribution in [0.1, 0.15) is 197 Å². The number of rotatable bonds is 14. The van der Waals surface area contributed by atoms with Crippen LogP contribution in [0.2, 0.25) is 0 Å². The van der Waals surface area contributed by atoms with E-state index >= 15 is 0 Å². The standard InChI is InChI=1S/C45H72N4O4/c1-28(2)34-24-36(30(5)6)42(37(25-34)31(7)8)46-44(50)40-18-13-15-20-48(40,52)22-17-23-49(53)21-16-14-19-41(49)45(51)47-43-38(32(9)10)26-35(29(3)4)27-39(43)33(11)12/h24-33,40-41H,13-23H2,1-12H3,(H,46,50)(H,47,51). The van der Waals surface area contributed by atoms with E-state index in [-0.39, 0.29) is 48.6 Å². The second kappa shape index (κ2) is 17.8. The van der Waals surface area contributed by atoms with Gasteiger partial charge in [0.2, 0.25) is 0 Å². The van der Waals surface area contributed by atoms with Crippen LogP contribution in [0.5, 0.6) is 0 Å². The maximum atomic E-state index is 14.6. The number of piperidine rings is 2. The zero-order chi connectivity index (χ0) is 39.4. The van der Waals surface area contributed by atoms with E-state index in [1.807, 2.05) is 0 Å². The zero-order valence-corrected chi connectivity index (χ0v) is 35.2. The van der Waals surface area contributed by atoms with Crippen LogP contribution in [0.15, 0.2) is 24.3 Å². The van der Waals surface area contributed by atoms with Gasteiger partial charge in [-0.1, -0.05) is 107 Å². The molecule has 2 heterocycles. The second-order valence-electron chi connectivity index (χ2n) is 18.2. The maximum absolute atomic E-state index is 14.6. The summed E-state index contributed by atoms with van der Waals surface area (Å²) in [6, 6.07) is 7.40. The van der Waals surface area contributed by atoms with Gasteiger partial charge >= 0.3 is 0 Å². The lowest BCUT2D eigenvalue weighted by Gasteiger charge is -2.53. The summed E-state index contributed by atoms with van der Waals surface area (Å²) in [7, 11) is 0. The van der Waals surface area contributed by atoms with E-state index in [9.17, 15) is 20.0 Å². The number of hydrogen-bond donors (Lipinski definition) is 2. The molecule has 296 valence electrons. The van der Waals surface area contributed by atoms with Gasteiger partial charge in [0.25, 0.3) is 11.8 Å². The number of anilines is 2. The summed E-state index contributed by atoms with van der Waals surface area (Å²) < 4.78 is -1.23. The maximum Gasteiger partial charge on any atom is 0.283 e. The number of quaternary nitrogens is 2. The molecule has 4 rings (SSSR count). The smallest absolute Gasteiger partial charge is 0.283 e. The van der Waals surface area contributed by atoms with Gasteiger partial charge in [0.05, 0.1) is 26.2 Å². The third-order valence-corrected chi connectivity index (χ3v) is 12.1. The molecule has 4 atom stereocenters. The number of nitrogens with zero attached hydrogens (tertiary/aromatic N) is 2. The van der Waals surface area contributed by atoms with Gasteiger partial charge in [0, 0.05) is 30.6 Å². The topological polar surface area (TPSA) is 104 Å². The molecule has 2 fully saturated rings. The molecule has 8 heteroatoms. The molecule has 0 bridgehead atoms. The largest absolute Gasteiger partial charge is 0.632 e. The Kier molecular flexibility index (Phi) is 14.4. The number of carbonyl (C=O) groups excluding carboxylic acids is 2. The van der Waals surface area contributed by atoms with Gasteiger partial charge in [0.1, 0.15) is 0 Å². The van der Waals surface area contributed by atoms with Gasteiger partial charge in [-0.2, -0.15) is 0 Å². The predicted molar refractivity (Wildman–Crippen MR) is 221 cm³/mol. The quantitative estimate of drug-likeness (QED) is 0.149. The number of hydroxylamine groups is 6. The van der Waals surface area contributed by atoms with E-state index in [0.29, 0.717) is 44.2 Å². The monoisotopic (exact) mass is 733 g/mol. The molecule has 0 saturated carbocycles. The SMILES string of the molecule is CC(C)c1cc(C(C)C)c(NC(=O)C2CCCC[N+]2([O-])CCC[N+]2([O-])CCCCC2C(=O)Nc2c(C(C)C)cc(C(C)C)cc2C(C)C)c(C(C)C)c1. The number of amides is 2. The predicted octanol–water partition coefficient (Wildman–Crippen LogP) is 11.1. The second-order valence-corrected chi connectivity index (χ2v) is 18.2. The molecule has 0 spiro atoms. The van der Waals surface area contributed by atoms with Crippen LogP contribution in [0, 0.1) is 10.4 Å². The Balaban J connectivity index is 1.54. The van der Waals surface area contributed by atoms with Crippen LogP contribution in [0.3, 0.4) is 0 Å². The van der Waals surface area contributed by atoms with Crippen molar-refractivity contribution in [3.63, 3.8) is 0 Å². The van der Waals surface area contributed by atoms with Crippen molar-refractivity contribution in [3.05, 3.63) is 68.1 Å². The number of benzene rings is 2. The van der Waals surface area contributed by atoms with Crippen LogP contribution in [-0.2, 0) is 9.59 Å². The van der Waals surface area contributed by atoms with Crippen molar-refractivity contribution in [1.82, 2.24) is 0 Å². The average Bonchev–Trinajstić information content (AvgIpc) is 3.07. The van der Waals surface area contributed by atoms with Gasteiger partial charge in [0.15, 0.2) is 12.1 Å². The molecule has 2 N–H and O–H groups in total. The van der Waals surface area contributed by atoms with Crippen molar-refractivity contribution in [3.8, 4) is 0 Å². The van der Waals surface area contributed by atoms with E-state index in [4.69, 9.17) is 0 Å². The molecule has 0 radical (unpaired) electrons. The molecule has 4 unspecified atom stereocenters. The lowest BCUT2D eigenvalue weighted by Crippen LogP contribution is -2.61. The molecular formula is C45H72N4O4. The third kappa shape index (κ3) is 9.91. The Labute approximate surface area is 321 Å². The number of carbonyl (C=O) groups is 2. The van der Waals surface area contributed by atoms with Gasteiger partial charge in [-0.15, -0.1) is 0 Å². The minimum Gasteiger partial charge on any atom is -0.632 e. The highest BCUT2D eigenvalue weighted by Crippen LogP contribution is 2.39. The first-order valence-corrected chi connectivity index (χ1v) is 20.9. The van der Waals surface area contributed by atoms with Crippen molar-refractivity contribution >= 4 is 23.2 Å². The lowest BCUT2D eigenvalue weighted by atomic mass is 9.87. The fourth-order valence-electron chi connectivity index (χ4n) is 8.66. The molecule has 2 aromatic carbocycles. The molecule has 2 aliphatic heterocycles. The summed E-state index contributed by atoms with van der Waals surface area (Å²) in [5, 5.41) is 35.8. The fraction of sp³-hybridized carbons (Fsp3) is 0.689. The Morgan fingerprint density at radius 1 is 0.547 bits per heavy atom. The molecule has 2 aromatic rings. The van der Waals surface area contributed by atoms with E-state index in [1.165, 1.54) is 11.1 Å². The Hall–Kier alpha value is -2.78. The van der Waals surface area contributed by atoms with E-state index in [1.54, 1.807) is 0 Å². The van der Waals surface area contributed by atoms with Crippen molar-refractivity contribution < 1.29 is 18.9 Å². The highest BCUT2D eigenvalue weighted by molar-refractivity contribution is 5.96. The Morgan fingerprint density at radius 3 is 1.11 bits per heavy atom. The summed E-state index contributed by atoms with van der Waals surface area (Å²) >= 11 is 0. The molecule has 0 aromatic heterocycles. The number of likely N-dealkylation sites (tertiary alicyclic amines) is 2. The van der Waals surface area contributed by atoms with Crippen LogP contribution in [0.4, 0.5) is 11.4 Å². The molecule has 53 heavy (non-hydrogen) atoms. The van der Waals surface area contributed by atoms with E-state index < -0.39 is 21.4 Å². The van der Waals surface area contributed by atoms with Gasteiger partial charge in [-0.25, -0.2) is 0 Å². The molecule has 0 aliphatic carbocycles. The van der Waals surface area contributed by atoms with Crippen LogP contribution < -0.4 is 10.6 Å². The normalized spacial score (nSPS) is 23.8. The van der Waals surface area contributed by atoms with E-state index in [2.05, 4.69) is 118 Å². The summed E-state index contributed by atoms with van der Waals surface area (Å²) in [5.41, 5.74) is 8.65. The van der Waals surface area contributed by atoms with Crippen LogP contribution >= 0.6 is 0 Å². The molecule has 2 aliphatic rings. The van der Waals surface area contributed by atoms with Crippen molar-refractivity contribution in [2.24, 2.45) is 0 Å². The lowest BCUT2D eigenvalue weighted by molar-refractivity contribution is -0.919.